The molecule has 1 amide bonds. The van der Waals surface area contributed by atoms with Crippen LogP contribution >= 0.6 is 0 Å². The number of alkyl carbamates (subject to hydrolysis) is 1. The van der Waals surface area contributed by atoms with Crippen LogP contribution in [0.4, 0.5) is 4.79 Å². The second kappa shape index (κ2) is 7.11. The molecule has 1 aliphatic rings. The van der Waals surface area contributed by atoms with Gasteiger partial charge in [-0.15, -0.1) is 0 Å². The Morgan fingerprint density at radius 3 is 2.42 bits per heavy atom. The number of benzene rings is 1. The summed E-state index contributed by atoms with van der Waals surface area (Å²) in [4.78, 5) is 11.7. The molecule has 1 aliphatic carbocycles. The number of nitrogens with one attached hydrogen (secondary N) is 2. The summed E-state index contributed by atoms with van der Waals surface area (Å²) in [7, 11) is 0. The molecule has 0 bridgehead atoms. The highest BCUT2D eigenvalue weighted by Gasteiger charge is 2.21. The van der Waals surface area contributed by atoms with Crippen molar-refractivity contribution in [3.8, 4) is 0 Å². The van der Waals surface area contributed by atoms with E-state index in [1.54, 1.807) is 0 Å². The molecular formula is C14H21N3O2. The molecule has 0 aliphatic heterocycles. The Labute approximate surface area is 113 Å². The van der Waals surface area contributed by atoms with Gasteiger partial charge < -0.3 is 10.1 Å². The smallest absolute Gasteiger partial charge is 0.407 e. The average molecular weight is 263 g/mol. The van der Waals surface area contributed by atoms with E-state index in [-0.39, 0.29) is 12.1 Å². The van der Waals surface area contributed by atoms with Crippen LogP contribution in [0.2, 0.25) is 0 Å². The van der Waals surface area contributed by atoms with E-state index < -0.39 is 0 Å². The lowest BCUT2D eigenvalue weighted by Crippen LogP contribution is -2.44. The number of amides is 1. The molecule has 0 unspecified atom stereocenters. The van der Waals surface area contributed by atoms with Crippen molar-refractivity contribution in [3.63, 3.8) is 0 Å². The summed E-state index contributed by atoms with van der Waals surface area (Å²) in [5.41, 5.74) is 3.77. The monoisotopic (exact) mass is 263 g/mol. The highest BCUT2D eigenvalue weighted by atomic mass is 16.5. The summed E-state index contributed by atoms with van der Waals surface area (Å²) in [6.07, 6.45) is 3.51. The third kappa shape index (κ3) is 4.54. The highest BCUT2D eigenvalue weighted by Crippen LogP contribution is 2.18. The summed E-state index contributed by atoms with van der Waals surface area (Å²) in [5, 5.41) is 2.90. The van der Waals surface area contributed by atoms with Gasteiger partial charge in [-0.1, -0.05) is 30.3 Å². The van der Waals surface area contributed by atoms with Gasteiger partial charge in [-0.3, -0.25) is 11.3 Å². The molecule has 0 saturated heterocycles. The normalized spacial score (nSPS) is 22.8. The first-order chi connectivity index (χ1) is 9.28. The van der Waals surface area contributed by atoms with E-state index in [9.17, 15) is 4.79 Å². The van der Waals surface area contributed by atoms with Gasteiger partial charge in [0.15, 0.2) is 0 Å². The Hall–Kier alpha value is -1.59. The molecule has 4 N–H and O–H groups in total. The van der Waals surface area contributed by atoms with Crippen LogP contribution in [0.5, 0.6) is 0 Å². The van der Waals surface area contributed by atoms with Crippen molar-refractivity contribution in [3.05, 3.63) is 35.9 Å². The lowest BCUT2D eigenvalue weighted by molar-refractivity contribution is 0.132. The minimum Gasteiger partial charge on any atom is -0.445 e. The molecule has 0 spiro atoms. The number of ether oxygens (including phenoxy) is 1. The number of carbonyl (C=O) groups excluding carboxylic acids is 1. The molecule has 0 radical (unpaired) electrons. The van der Waals surface area contributed by atoms with Crippen molar-refractivity contribution in [1.29, 1.82) is 0 Å². The Morgan fingerprint density at radius 1 is 1.16 bits per heavy atom. The number of carbonyl (C=O) groups is 1. The van der Waals surface area contributed by atoms with Gasteiger partial charge in [0.1, 0.15) is 6.61 Å². The molecule has 0 atom stereocenters. The largest absolute Gasteiger partial charge is 0.445 e. The van der Waals surface area contributed by atoms with Crippen LogP contribution in [0.25, 0.3) is 0 Å². The lowest BCUT2D eigenvalue weighted by atomic mass is 9.92. The zero-order chi connectivity index (χ0) is 13.5. The molecule has 1 saturated carbocycles. The van der Waals surface area contributed by atoms with E-state index in [1.807, 2.05) is 30.3 Å². The van der Waals surface area contributed by atoms with Crippen molar-refractivity contribution >= 4 is 6.09 Å². The van der Waals surface area contributed by atoms with Crippen LogP contribution in [0.15, 0.2) is 30.3 Å². The maximum Gasteiger partial charge on any atom is 0.407 e. The van der Waals surface area contributed by atoms with E-state index in [0.717, 1.165) is 31.2 Å². The third-order valence-electron chi connectivity index (χ3n) is 3.50. The van der Waals surface area contributed by atoms with Gasteiger partial charge in [-0.05, 0) is 31.2 Å². The van der Waals surface area contributed by atoms with Crippen molar-refractivity contribution < 1.29 is 9.53 Å². The molecule has 0 heterocycles. The molecule has 1 fully saturated rings. The van der Waals surface area contributed by atoms with Gasteiger partial charge in [-0.2, -0.15) is 0 Å². The SMILES string of the molecule is NN[C@H]1CC[C@H](NC(=O)OCc2ccccc2)CC1. The molecular weight excluding hydrogens is 242 g/mol. The first-order valence-corrected chi connectivity index (χ1v) is 6.71. The van der Waals surface area contributed by atoms with Crippen molar-refractivity contribution in [2.75, 3.05) is 0 Å². The van der Waals surface area contributed by atoms with Gasteiger partial charge in [0.25, 0.3) is 0 Å². The average Bonchev–Trinajstić information content (AvgIpc) is 2.47. The summed E-state index contributed by atoms with van der Waals surface area (Å²) < 4.78 is 5.19. The number of rotatable bonds is 4. The maximum atomic E-state index is 11.7. The minimum absolute atomic E-state index is 0.202. The predicted molar refractivity (Wildman–Crippen MR) is 73.1 cm³/mol. The molecule has 1 aromatic carbocycles. The minimum atomic E-state index is -0.340. The van der Waals surface area contributed by atoms with Crippen LogP contribution in [-0.2, 0) is 11.3 Å². The zero-order valence-corrected chi connectivity index (χ0v) is 11.0. The number of hydrazine groups is 1. The Kier molecular flexibility index (Phi) is 5.18. The van der Waals surface area contributed by atoms with Gasteiger partial charge in [0, 0.05) is 12.1 Å². The van der Waals surface area contributed by atoms with E-state index in [2.05, 4.69) is 10.7 Å². The zero-order valence-electron chi connectivity index (χ0n) is 11.0. The van der Waals surface area contributed by atoms with Gasteiger partial charge >= 0.3 is 6.09 Å². The fourth-order valence-electron chi connectivity index (χ4n) is 2.34. The van der Waals surface area contributed by atoms with Gasteiger partial charge in [-0.25, -0.2) is 4.79 Å². The second-order valence-electron chi connectivity index (χ2n) is 4.92. The molecule has 5 nitrogen and oxygen atoms in total. The van der Waals surface area contributed by atoms with E-state index in [0.29, 0.717) is 12.6 Å². The van der Waals surface area contributed by atoms with Crippen LogP contribution in [-0.4, -0.2) is 18.2 Å². The van der Waals surface area contributed by atoms with Crippen LogP contribution < -0.4 is 16.6 Å². The van der Waals surface area contributed by atoms with Crippen molar-refractivity contribution in [2.45, 2.75) is 44.4 Å². The molecule has 1 aromatic rings. The third-order valence-corrected chi connectivity index (χ3v) is 3.50. The van der Waals surface area contributed by atoms with E-state index in [1.165, 1.54) is 0 Å². The standard InChI is InChI=1S/C14H21N3O2/c15-17-13-8-6-12(7-9-13)16-14(18)19-10-11-4-2-1-3-5-11/h1-5,12-13,17H,6-10,15H2,(H,16,18)/t12-,13-. The van der Waals surface area contributed by atoms with E-state index >= 15 is 0 Å². The number of hydrogen-bond donors (Lipinski definition) is 3. The Balaban J connectivity index is 1.67. The summed E-state index contributed by atoms with van der Waals surface area (Å²) >= 11 is 0. The first kappa shape index (κ1) is 13.8. The maximum absolute atomic E-state index is 11.7. The predicted octanol–water partition coefficient (Wildman–Crippen LogP) is 1.69. The van der Waals surface area contributed by atoms with Gasteiger partial charge in [0.05, 0.1) is 0 Å². The molecule has 5 heteroatoms. The van der Waals surface area contributed by atoms with Crippen molar-refractivity contribution in [1.82, 2.24) is 10.7 Å². The van der Waals surface area contributed by atoms with Crippen molar-refractivity contribution in [2.24, 2.45) is 5.84 Å². The fourth-order valence-corrected chi connectivity index (χ4v) is 2.34. The topological polar surface area (TPSA) is 76.4 Å². The summed E-state index contributed by atoms with van der Waals surface area (Å²) in [6.45, 7) is 0.312. The van der Waals surface area contributed by atoms with Crippen LogP contribution in [0.3, 0.4) is 0 Å². The van der Waals surface area contributed by atoms with Crippen LogP contribution in [0, 0.1) is 0 Å². The number of nitrogens with two attached hydrogens (primary N) is 1. The second-order valence-corrected chi connectivity index (χ2v) is 4.92. The Bertz CT molecular complexity index is 389. The summed E-state index contributed by atoms with van der Waals surface area (Å²) in [5.74, 6) is 5.40. The lowest BCUT2D eigenvalue weighted by Gasteiger charge is -2.28. The molecule has 0 aromatic heterocycles. The van der Waals surface area contributed by atoms with Crippen LogP contribution in [0.1, 0.15) is 31.2 Å². The first-order valence-electron chi connectivity index (χ1n) is 6.71. The molecule has 104 valence electrons. The quantitative estimate of drug-likeness (QED) is 0.570. The summed E-state index contributed by atoms with van der Waals surface area (Å²) in [6, 6.07) is 10.2. The fraction of sp³-hybridized carbons (Fsp3) is 0.500. The molecule has 19 heavy (non-hydrogen) atoms. The highest BCUT2D eigenvalue weighted by molar-refractivity contribution is 5.67. The molecule has 2 rings (SSSR count). The number of hydrogen-bond acceptors (Lipinski definition) is 4. The van der Waals surface area contributed by atoms with E-state index in [4.69, 9.17) is 10.6 Å². The van der Waals surface area contributed by atoms with Gasteiger partial charge in [0.2, 0.25) is 0 Å². The Morgan fingerprint density at radius 2 is 1.79 bits per heavy atom.